The second-order valence-corrected chi connectivity index (χ2v) is 5.47. The Morgan fingerprint density at radius 1 is 1.45 bits per heavy atom. The fourth-order valence-electron chi connectivity index (χ4n) is 1.84. The summed E-state index contributed by atoms with van der Waals surface area (Å²) in [5, 5.41) is 3.07. The highest BCUT2D eigenvalue weighted by atomic mass is 32.1. The molecule has 0 aliphatic rings. The van der Waals surface area contributed by atoms with E-state index < -0.39 is 0 Å². The molecule has 0 amide bonds. The minimum atomic E-state index is -0.357. The standard InChI is InChI=1S/C15H17FN2OS/c1-10-7-13(19-8-12(16)5-6-17)3-4-14(10)15-9-20-11(2)18-15/h3-5,7,9H,6,8,17H2,1-2H3. The summed E-state index contributed by atoms with van der Waals surface area (Å²) in [7, 11) is 0. The molecule has 0 aliphatic heterocycles. The van der Waals surface area contributed by atoms with Crippen LogP contribution in [0.15, 0.2) is 35.5 Å². The van der Waals surface area contributed by atoms with Crippen molar-refractivity contribution in [2.45, 2.75) is 13.8 Å². The predicted molar refractivity (Wildman–Crippen MR) is 80.8 cm³/mol. The molecule has 2 rings (SSSR count). The van der Waals surface area contributed by atoms with Gasteiger partial charge < -0.3 is 10.5 Å². The molecule has 0 atom stereocenters. The first kappa shape index (κ1) is 14.7. The molecule has 20 heavy (non-hydrogen) atoms. The van der Waals surface area contributed by atoms with Crippen LogP contribution in [0, 0.1) is 13.8 Å². The summed E-state index contributed by atoms with van der Waals surface area (Å²) in [5.41, 5.74) is 8.32. The predicted octanol–water partition coefficient (Wildman–Crippen LogP) is 3.62. The van der Waals surface area contributed by atoms with Crippen molar-refractivity contribution >= 4 is 11.3 Å². The first-order valence-electron chi connectivity index (χ1n) is 6.30. The Kier molecular flexibility index (Phi) is 4.87. The highest BCUT2D eigenvalue weighted by Crippen LogP contribution is 2.28. The monoisotopic (exact) mass is 292 g/mol. The van der Waals surface area contributed by atoms with Gasteiger partial charge in [-0.3, -0.25) is 0 Å². The van der Waals surface area contributed by atoms with Crippen molar-refractivity contribution in [2.24, 2.45) is 5.73 Å². The smallest absolute Gasteiger partial charge is 0.139 e. The second-order valence-electron chi connectivity index (χ2n) is 4.40. The van der Waals surface area contributed by atoms with Gasteiger partial charge in [0.15, 0.2) is 0 Å². The average Bonchev–Trinajstić information content (AvgIpc) is 2.83. The fraction of sp³-hybridized carbons (Fsp3) is 0.267. The van der Waals surface area contributed by atoms with Gasteiger partial charge in [0.25, 0.3) is 0 Å². The van der Waals surface area contributed by atoms with Crippen molar-refractivity contribution in [3.63, 3.8) is 0 Å². The summed E-state index contributed by atoms with van der Waals surface area (Å²) in [6, 6.07) is 5.66. The number of hydrogen-bond acceptors (Lipinski definition) is 4. The molecule has 2 N–H and O–H groups in total. The molecule has 2 aromatic rings. The van der Waals surface area contributed by atoms with Gasteiger partial charge in [0.05, 0.1) is 10.7 Å². The molecular weight excluding hydrogens is 275 g/mol. The average molecular weight is 292 g/mol. The number of rotatable bonds is 5. The maximum Gasteiger partial charge on any atom is 0.139 e. The van der Waals surface area contributed by atoms with Crippen molar-refractivity contribution in [3.8, 4) is 17.0 Å². The van der Waals surface area contributed by atoms with E-state index in [9.17, 15) is 4.39 Å². The Balaban J connectivity index is 2.12. The fourth-order valence-corrected chi connectivity index (χ4v) is 2.45. The number of ether oxygens (including phenoxy) is 1. The number of thiazole rings is 1. The van der Waals surface area contributed by atoms with Crippen LogP contribution >= 0.6 is 11.3 Å². The van der Waals surface area contributed by atoms with Gasteiger partial charge in [0.2, 0.25) is 0 Å². The van der Waals surface area contributed by atoms with Crippen molar-refractivity contribution in [1.29, 1.82) is 0 Å². The Morgan fingerprint density at radius 3 is 2.85 bits per heavy atom. The molecule has 0 spiro atoms. The second kappa shape index (κ2) is 6.63. The Morgan fingerprint density at radius 2 is 2.25 bits per heavy atom. The maximum atomic E-state index is 13.2. The number of benzene rings is 1. The van der Waals surface area contributed by atoms with E-state index >= 15 is 0 Å². The molecule has 106 valence electrons. The van der Waals surface area contributed by atoms with Gasteiger partial charge in [-0.2, -0.15) is 0 Å². The zero-order valence-electron chi connectivity index (χ0n) is 11.5. The van der Waals surface area contributed by atoms with E-state index in [0.29, 0.717) is 5.75 Å². The van der Waals surface area contributed by atoms with E-state index in [1.54, 1.807) is 11.3 Å². The highest BCUT2D eigenvalue weighted by molar-refractivity contribution is 7.09. The summed E-state index contributed by atoms with van der Waals surface area (Å²) in [6.07, 6.45) is 1.30. The number of aryl methyl sites for hydroxylation is 2. The van der Waals surface area contributed by atoms with Crippen LogP contribution in [0.5, 0.6) is 5.75 Å². The van der Waals surface area contributed by atoms with E-state index in [1.165, 1.54) is 6.08 Å². The summed E-state index contributed by atoms with van der Waals surface area (Å²) < 4.78 is 18.6. The van der Waals surface area contributed by atoms with Crippen molar-refractivity contribution < 1.29 is 9.13 Å². The molecule has 5 heteroatoms. The molecule has 1 aromatic heterocycles. The van der Waals surface area contributed by atoms with Gasteiger partial charge in [-0.15, -0.1) is 11.3 Å². The van der Waals surface area contributed by atoms with Gasteiger partial charge >= 0.3 is 0 Å². The zero-order chi connectivity index (χ0) is 14.5. The van der Waals surface area contributed by atoms with Crippen molar-refractivity contribution in [1.82, 2.24) is 4.98 Å². The topological polar surface area (TPSA) is 48.1 Å². The molecule has 0 bridgehead atoms. The van der Waals surface area contributed by atoms with Crippen LogP contribution in [0.3, 0.4) is 0 Å². The van der Waals surface area contributed by atoms with E-state index in [1.807, 2.05) is 37.4 Å². The van der Waals surface area contributed by atoms with Crippen LogP contribution in [0.4, 0.5) is 4.39 Å². The Bertz CT molecular complexity index is 622. The molecule has 1 heterocycles. The van der Waals surface area contributed by atoms with Crippen LogP contribution in [0.1, 0.15) is 10.6 Å². The number of halogens is 1. The summed E-state index contributed by atoms with van der Waals surface area (Å²) in [5.74, 6) is 0.281. The number of hydrogen-bond donors (Lipinski definition) is 1. The lowest BCUT2D eigenvalue weighted by Crippen LogP contribution is -2.01. The number of nitrogens with two attached hydrogens (primary N) is 1. The lowest BCUT2D eigenvalue weighted by molar-refractivity contribution is 0.318. The molecule has 0 saturated heterocycles. The normalized spacial score (nSPS) is 11.7. The third kappa shape index (κ3) is 3.65. The summed E-state index contributed by atoms with van der Waals surface area (Å²) in [6.45, 7) is 4.05. The minimum Gasteiger partial charge on any atom is -0.487 e. The van der Waals surface area contributed by atoms with Crippen molar-refractivity contribution in [2.75, 3.05) is 13.2 Å². The Hall–Kier alpha value is -1.72. The molecule has 3 nitrogen and oxygen atoms in total. The van der Waals surface area contributed by atoms with Gasteiger partial charge in [-0.25, -0.2) is 9.37 Å². The summed E-state index contributed by atoms with van der Waals surface area (Å²) >= 11 is 1.62. The minimum absolute atomic E-state index is 0.0915. The molecule has 0 unspecified atom stereocenters. The highest BCUT2D eigenvalue weighted by Gasteiger charge is 2.07. The first-order valence-corrected chi connectivity index (χ1v) is 7.18. The summed E-state index contributed by atoms with van der Waals surface area (Å²) in [4.78, 5) is 4.46. The lowest BCUT2D eigenvalue weighted by Gasteiger charge is -2.08. The van der Waals surface area contributed by atoms with Crippen LogP contribution in [0.25, 0.3) is 11.3 Å². The zero-order valence-corrected chi connectivity index (χ0v) is 12.3. The van der Waals surface area contributed by atoms with Gasteiger partial charge in [0, 0.05) is 17.5 Å². The van der Waals surface area contributed by atoms with E-state index in [-0.39, 0.29) is 19.0 Å². The molecular formula is C15H17FN2OS. The largest absolute Gasteiger partial charge is 0.487 e. The van der Waals surface area contributed by atoms with Crippen LogP contribution in [0.2, 0.25) is 0 Å². The Labute approximate surface area is 121 Å². The lowest BCUT2D eigenvalue weighted by atomic mass is 10.1. The quantitative estimate of drug-likeness (QED) is 0.915. The van der Waals surface area contributed by atoms with E-state index in [0.717, 1.165) is 21.8 Å². The molecule has 1 aromatic carbocycles. The molecule has 0 saturated carbocycles. The first-order chi connectivity index (χ1) is 9.60. The SMILES string of the molecule is Cc1nc(-c2ccc(OCC(F)=CCN)cc2C)cs1. The van der Waals surface area contributed by atoms with Crippen molar-refractivity contribution in [3.05, 3.63) is 46.1 Å². The molecule has 0 radical (unpaired) electrons. The molecule has 0 fully saturated rings. The van der Waals surface area contributed by atoms with E-state index in [4.69, 9.17) is 10.5 Å². The van der Waals surface area contributed by atoms with Crippen LogP contribution in [-0.4, -0.2) is 18.1 Å². The van der Waals surface area contributed by atoms with Crippen LogP contribution in [-0.2, 0) is 0 Å². The van der Waals surface area contributed by atoms with Gasteiger partial charge in [-0.05, 0) is 43.7 Å². The van der Waals surface area contributed by atoms with Gasteiger partial charge in [0.1, 0.15) is 18.2 Å². The van der Waals surface area contributed by atoms with Crippen LogP contribution < -0.4 is 10.5 Å². The number of aromatic nitrogens is 1. The van der Waals surface area contributed by atoms with E-state index in [2.05, 4.69) is 4.98 Å². The maximum absolute atomic E-state index is 13.2. The third-order valence-electron chi connectivity index (χ3n) is 2.81. The van der Waals surface area contributed by atoms with Gasteiger partial charge in [-0.1, -0.05) is 0 Å². The number of nitrogens with zero attached hydrogens (tertiary/aromatic N) is 1. The molecule has 0 aliphatic carbocycles. The third-order valence-corrected chi connectivity index (χ3v) is 3.58.